The molecule has 0 aromatic heterocycles. The summed E-state index contributed by atoms with van der Waals surface area (Å²) in [6.45, 7) is 1.82. The van der Waals surface area contributed by atoms with E-state index in [1.807, 2.05) is 13.0 Å². The maximum atomic E-state index is 12.5. The molecule has 2 rings (SSSR count). The summed E-state index contributed by atoms with van der Waals surface area (Å²) < 4.78 is 6.01. The van der Waals surface area contributed by atoms with Gasteiger partial charge in [0, 0.05) is 9.50 Å². The number of aryl methyl sites for hydroxylation is 1. The molecule has 0 bridgehead atoms. The number of phenols is 1. The van der Waals surface area contributed by atoms with Gasteiger partial charge in [-0.1, -0.05) is 39.1 Å². The predicted octanol–water partition coefficient (Wildman–Crippen LogP) is 4.91. The van der Waals surface area contributed by atoms with E-state index in [2.05, 4.69) is 26.6 Å². The molecule has 0 aliphatic carbocycles. The van der Waals surface area contributed by atoms with Gasteiger partial charge in [0.25, 0.3) is 5.91 Å². The van der Waals surface area contributed by atoms with Crippen LogP contribution in [-0.2, 0) is 0 Å². The number of amides is 1. The maximum Gasteiger partial charge on any atom is 0.261 e. The van der Waals surface area contributed by atoms with Gasteiger partial charge in [0.05, 0.1) is 23.4 Å². The number of thiocarbonyl (C=S) groups is 1. The fourth-order valence-electron chi connectivity index (χ4n) is 2.15. The SMILES string of the molecule is COc1c(C)cc(Br)cc1C(=O)NC(=S)Nc1cc(Cl)cc(Cl)c1O. The summed E-state index contributed by atoms with van der Waals surface area (Å²) >= 11 is 20.2. The summed E-state index contributed by atoms with van der Waals surface area (Å²) in [4.78, 5) is 12.5. The van der Waals surface area contributed by atoms with Crippen LogP contribution in [0.2, 0.25) is 10.0 Å². The zero-order valence-corrected chi connectivity index (χ0v) is 17.0. The van der Waals surface area contributed by atoms with Crippen LogP contribution in [0.5, 0.6) is 11.5 Å². The highest BCUT2D eigenvalue weighted by atomic mass is 79.9. The third-order valence-corrected chi connectivity index (χ3v) is 4.36. The van der Waals surface area contributed by atoms with E-state index in [4.69, 9.17) is 40.2 Å². The fourth-order valence-corrected chi connectivity index (χ4v) is 3.42. The number of nitrogens with one attached hydrogen (secondary N) is 2. The Bertz CT molecular complexity index is 862. The molecule has 0 unspecified atom stereocenters. The van der Waals surface area contributed by atoms with Crippen LogP contribution < -0.4 is 15.4 Å². The zero-order valence-electron chi connectivity index (χ0n) is 13.1. The van der Waals surface area contributed by atoms with Crippen molar-refractivity contribution in [3.63, 3.8) is 0 Å². The van der Waals surface area contributed by atoms with Crippen molar-refractivity contribution < 1.29 is 14.6 Å². The van der Waals surface area contributed by atoms with Crippen molar-refractivity contribution in [3.05, 3.63) is 49.9 Å². The molecule has 132 valence electrons. The largest absolute Gasteiger partial charge is 0.504 e. The number of anilines is 1. The van der Waals surface area contributed by atoms with Gasteiger partial charge in [-0.15, -0.1) is 0 Å². The Morgan fingerprint density at radius 2 is 1.96 bits per heavy atom. The first-order valence-electron chi connectivity index (χ1n) is 6.87. The van der Waals surface area contributed by atoms with Crippen molar-refractivity contribution in [1.29, 1.82) is 0 Å². The van der Waals surface area contributed by atoms with E-state index in [-0.39, 0.29) is 21.6 Å². The number of halogens is 3. The summed E-state index contributed by atoms with van der Waals surface area (Å²) in [5, 5.41) is 15.5. The lowest BCUT2D eigenvalue weighted by atomic mass is 10.1. The molecule has 0 aliphatic rings. The van der Waals surface area contributed by atoms with Gasteiger partial charge >= 0.3 is 0 Å². The standard InChI is InChI=1S/C16H13BrCl2N2O3S/c1-7-3-8(17)4-10(14(7)24-2)15(23)21-16(25)20-12-6-9(18)5-11(19)13(12)22/h3-6,22H,1-2H3,(H2,20,21,23,25). The van der Waals surface area contributed by atoms with Gasteiger partial charge < -0.3 is 15.2 Å². The second-order valence-corrected chi connectivity index (χ2v) is 7.16. The fraction of sp³-hybridized carbons (Fsp3) is 0.125. The summed E-state index contributed by atoms with van der Waals surface area (Å²) in [5.41, 5.74) is 1.28. The lowest BCUT2D eigenvalue weighted by molar-refractivity contribution is 0.0974. The van der Waals surface area contributed by atoms with Crippen LogP contribution in [0.3, 0.4) is 0 Å². The normalized spacial score (nSPS) is 10.3. The average molecular weight is 464 g/mol. The lowest BCUT2D eigenvalue weighted by Crippen LogP contribution is -2.34. The molecule has 0 atom stereocenters. The quantitative estimate of drug-likeness (QED) is 0.445. The number of rotatable bonds is 3. The molecule has 0 heterocycles. The molecule has 0 radical (unpaired) electrons. The van der Waals surface area contributed by atoms with Crippen molar-refractivity contribution in [2.45, 2.75) is 6.92 Å². The van der Waals surface area contributed by atoms with Crippen molar-refractivity contribution in [1.82, 2.24) is 5.32 Å². The number of benzene rings is 2. The van der Waals surface area contributed by atoms with Gasteiger partial charge in [-0.2, -0.15) is 0 Å². The molecular formula is C16H13BrCl2N2O3S. The average Bonchev–Trinajstić information content (AvgIpc) is 2.51. The highest BCUT2D eigenvalue weighted by Crippen LogP contribution is 2.35. The Balaban J connectivity index is 2.21. The minimum Gasteiger partial charge on any atom is -0.504 e. The van der Waals surface area contributed by atoms with Crippen LogP contribution in [0, 0.1) is 6.92 Å². The first-order valence-corrected chi connectivity index (χ1v) is 8.83. The zero-order chi connectivity index (χ0) is 18.7. The van der Waals surface area contributed by atoms with Gasteiger partial charge in [0.1, 0.15) is 5.75 Å². The number of methoxy groups -OCH3 is 1. The van der Waals surface area contributed by atoms with Gasteiger partial charge in [-0.3, -0.25) is 10.1 Å². The van der Waals surface area contributed by atoms with E-state index >= 15 is 0 Å². The molecule has 0 fully saturated rings. The molecule has 2 aromatic carbocycles. The van der Waals surface area contributed by atoms with Gasteiger partial charge in [0.2, 0.25) is 0 Å². The molecule has 0 saturated heterocycles. The van der Waals surface area contributed by atoms with Gasteiger partial charge in [-0.05, 0) is 49.0 Å². The van der Waals surface area contributed by atoms with Crippen LogP contribution in [0.4, 0.5) is 5.69 Å². The Kier molecular flexibility index (Phi) is 6.51. The van der Waals surface area contributed by atoms with Crippen molar-refractivity contribution in [2.75, 3.05) is 12.4 Å². The molecule has 9 heteroatoms. The van der Waals surface area contributed by atoms with E-state index in [1.54, 1.807) is 6.07 Å². The predicted molar refractivity (Wildman–Crippen MR) is 107 cm³/mol. The van der Waals surface area contributed by atoms with Crippen LogP contribution in [0.25, 0.3) is 0 Å². The summed E-state index contributed by atoms with van der Waals surface area (Å²) in [5.74, 6) is -0.248. The number of aromatic hydroxyl groups is 1. The van der Waals surface area contributed by atoms with E-state index in [9.17, 15) is 9.90 Å². The second kappa shape index (κ2) is 8.23. The first-order chi connectivity index (χ1) is 11.7. The Morgan fingerprint density at radius 1 is 1.28 bits per heavy atom. The van der Waals surface area contributed by atoms with Gasteiger partial charge in [-0.25, -0.2) is 0 Å². The molecule has 2 aromatic rings. The third kappa shape index (κ3) is 4.76. The Labute approximate surface area is 168 Å². The molecule has 0 saturated carbocycles. The van der Waals surface area contributed by atoms with Gasteiger partial charge in [0.15, 0.2) is 10.9 Å². The molecule has 1 amide bonds. The van der Waals surface area contributed by atoms with Crippen LogP contribution >= 0.6 is 51.3 Å². The Hall–Kier alpha value is -1.54. The summed E-state index contributed by atoms with van der Waals surface area (Å²) in [6.07, 6.45) is 0. The highest BCUT2D eigenvalue weighted by molar-refractivity contribution is 9.10. The second-order valence-electron chi connectivity index (χ2n) is 5.00. The first kappa shape index (κ1) is 19.8. The molecule has 0 aliphatic heterocycles. The van der Waals surface area contributed by atoms with Crippen molar-refractivity contribution in [3.8, 4) is 11.5 Å². The smallest absolute Gasteiger partial charge is 0.261 e. The monoisotopic (exact) mass is 462 g/mol. The molecular weight excluding hydrogens is 451 g/mol. The number of ether oxygens (including phenoxy) is 1. The number of hydrogen-bond acceptors (Lipinski definition) is 4. The third-order valence-electron chi connectivity index (χ3n) is 3.19. The van der Waals surface area contributed by atoms with E-state index < -0.39 is 5.91 Å². The Morgan fingerprint density at radius 3 is 2.60 bits per heavy atom. The molecule has 5 nitrogen and oxygen atoms in total. The minimum absolute atomic E-state index is 0.0293. The van der Waals surface area contributed by atoms with Crippen molar-refractivity contribution >= 4 is 68.1 Å². The van der Waals surface area contributed by atoms with E-state index in [1.165, 1.54) is 19.2 Å². The molecule has 25 heavy (non-hydrogen) atoms. The van der Waals surface area contributed by atoms with E-state index in [0.29, 0.717) is 16.3 Å². The summed E-state index contributed by atoms with van der Waals surface area (Å²) in [7, 11) is 1.48. The van der Waals surface area contributed by atoms with Crippen LogP contribution in [0.1, 0.15) is 15.9 Å². The number of carbonyl (C=O) groups excluding carboxylic acids is 1. The molecule has 0 spiro atoms. The van der Waals surface area contributed by atoms with Crippen LogP contribution in [-0.4, -0.2) is 23.2 Å². The minimum atomic E-state index is -0.466. The highest BCUT2D eigenvalue weighted by Gasteiger charge is 2.17. The van der Waals surface area contributed by atoms with Crippen molar-refractivity contribution in [2.24, 2.45) is 0 Å². The number of hydrogen-bond donors (Lipinski definition) is 3. The van der Waals surface area contributed by atoms with Crippen LogP contribution in [0.15, 0.2) is 28.7 Å². The number of phenolic OH excluding ortho intramolecular Hbond substituents is 1. The topological polar surface area (TPSA) is 70.6 Å². The maximum absolute atomic E-state index is 12.5. The summed E-state index contributed by atoms with van der Waals surface area (Å²) in [6, 6.07) is 6.28. The lowest BCUT2D eigenvalue weighted by Gasteiger charge is -2.14. The number of carbonyl (C=O) groups is 1. The molecule has 3 N–H and O–H groups in total. The van der Waals surface area contributed by atoms with E-state index in [0.717, 1.165) is 10.0 Å².